The Balaban J connectivity index is 1.60. The van der Waals surface area contributed by atoms with Crippen LogP contribution in [0.5, 0.6) is 0 Å². The lowest BCUT2D eigenvalue weighted by Crippen LogP contribution is -2.42. The highest BCUT2D eigenvalue weighted by atomic mass is 35.5. The number of carbonyl (C=O) groups excluding carboxylic acids is 1. The van der Waals surface area contributed by atoms with Crippen molar-refractivity contribution in [2.45, 2.75) is 31.7 Å². The number of hydrogen-bond donors (Lipinski definition) is 3. The van der Waals surface area contributed by atoms with E-state index in [1.54, 1.807) is 6.07 Å². The SMILES string of the molecule is CCOCC[C@H](C(=O)O)[C@@H]1c2ccccc2C[C@H]1NC(=O)c1cc2sc(Cl)c(Cl)c2[nH]1. The first-order valence-electron chi connectivity index (χ1n) is 10.1. The van der Waals surface area contributed by atoms with Crippen LogP contribution in [0, 0.1) is 5.92 Å². The zero-order chi connectivity index (χ0) is 22.1. The fourth-order valence-corrected chi connectivity index (χ4v) is 5.84. The highest BCUT2D eigenvalue weighted by Crippen LogP contribution is 2.41. The normalized spacial score (nSPS) is 18.8. The summed E-state index contributed by atoms with van der Waals surface area (Å²) in [4.78, 5) is 28.2. The molecule has 164 valence electrons. The Morgan fingerprint density at radius 1 is 1.35 bits per heavy atom. The number of carboxylic acid groups (broad SMARTS) is 1. The van der Waals surface area contributed by atoms with E-state index in [-0.39, 0.29) is 17.9 Å². The lowest BCUT2D eigenvalue weighted by molar-refractivity contribution is -0.143. The number of ether oxygens (including phenoxy) is 1. The number of carboxylic acids is 1. The topological polar surface area (TPSA) is 91.4 Å². The number of aliphatic carboxylic acids is 1. The van der Waals surface area contributed by atoms with E-state index in [4.69, 9.17) is 27.9 Å². The molecule has 3 N–H and O–H groups in total. The van der Waals surface area contributed by atoms with Crippen LogP contribution in [0.4, 0.5) is 0 Å². The first-order valence-corrected chi connectivity index (χ1v) is 11.6. The molecule has 3 aromatic rings. The summed E-state index contributed by atoms with van der Waals surface area (Å²) in [7, 11) is 0. The molecule has 0 unspecified atom stereocenters. The molecular formula is C22H22Cl2N2O4S. The lowest BCUT2D eigenvalue weighted by Gasteiger charge is -2.27. The van der Waals surface area contributed by atoms with Gasteiger partial charge in [-0.3, -0.25) is 9.59 Å². The first kappa shape index (κ1) is 22.1. The van der Waals surface area contributed by atoms with Crippen LogP contribution < -0.4 is 5.32 Å². The zero-order valence-electron chi connectivity index (χ0n) is 16.8. The van der Waals surface area contributed by atoms with E-state index in [1.807, 2.05) is 31.2 Å². The molecule has 2 heterocycles. The van der Waals surface area contributed by atoms with E-state index in [2.05, 4.69) is 10.3 Å². The number of hydrogen-bond acceptors (Lipinski definition) is 4. The molecule has 1 aromatic carbocycles. The van der Waals surface area contributed by atoms with Crippen LogP contribution in [-0.2, 0) is 16.0 Å². The second-order valence-corrected chi connectivity index (χ2v) is 9.58. The molecule has 9 heteroatoms. The van der Waals surface area contributed by atoms with Crippen molar-refractivity contribution in [2.24, 2.45) is 5.92 Å². The number of aromatic amines is 1. The standard InChI is InChI=1S/C22H22Cl2N2O4S/c1-2-30-8-7-13(22(28)29)17-12-6-4-3-5-11(12)9-14(17)26-21(27)15-10-16-19(25-15)18(23)20(24)31-16/h3-6,10,13-14,17,25H,2,7-9H2,1H3,(H,26,27)(H,28,29)/t13-,14+,17-/m0/s1. The molecule has 3 atom stereocenters. The fraction of sp³-hybridized carbons (Fsp3) is 0.364. The minimum absolute atomic E-state index is 0.299. The molecule has 6 nitrogen and oxygen atoms in total. The molecule has 0 spiro atoms. The van der Waals surface area contributed by atoms with Crippen LogP contribution >= 0.6 is 34.5 Å². The van der Waals surface area contributed by atoms with Gasteiger partial charge in [-0.1, -0.05) is 47.5 Å². The van der Waals surface area contributed by atoms with Crippen LogP contribution in [0.15, 0.2) is 30.3 Å². The molecule has 0 fully saturated rings. The summed E-state index contributed by atoms with van der Waals surface area (Å²) in [5.74, 6) is -2.19. The second-order valence-electron chi connectivity index (χ2n) is 7.55. The number of thiophene rings is 1. The molecule has 0 aliphatic heterocycles. The van der Waals surface area contributed by atoms with Crippen molar-refractivity contribution in [3.63, 3.8) is 0 Å². The van der Waals surface area contributed by atoms with Crippen LogP contribution in [0.1, 0.15) is 40.9 Å². The summed E-state index contributed by atoms with van der Waals surface area (Å²) < 4.78 is 6.68. The van der Waals surface area contributed by atoms with Crippen molar-refractivity contribution in [1.29, 1.82) is 0 Å². The third-order valence-electron chi connectivity index (χ3n) is 5.75. The minimum Gasteiger partial charge on any atom is -0.481 e. The van der Waals surface area contributed by atoms with Crippen molar-refractivity contribution in [2.75, 3.05) is 13.2 Å². The van der Waals surface area contributed by atoms with Gasteiger partial charge in [-0.2, -0.15) is 0 Å². The number of nitrogens with one attached hydrogen (secondary N) is 2. The molecular weight excluding hydrogens is 459 g/mol. The minimum atomic E-state index is -0.887. The van der Waals surface area contributed by atoms with Gasteiger partial charge in [-0.15, -0.1) is 11.3 Å². The third-order valence-corrected chi connectivity index (χ3v) is 7.68. The lowest BCUT2D eigenvalue weighted by atomic mass is 9.82. The average molecular weight is 481 g/mol. The number of carbonyl (C=O) groups is 2. The maximum atomic E-state index is 13.0. The van der Waals surface area contributed by atoms with Gasteiger partial charge in [0.05, 0.1) is 21.2 Å². The van der Waals surface area contributed by atoms with Gasteiger partial charge in [-0.25, -0.2) is 0 Å². The fourth-order valence-electron chi connectivity index (χ4n) is 4.36. The Labute approximate surface area is 193 Å². The molecule has 0 bridgehead atoms. The van der Waals surface area contributed by atoms with Gasteiger partial charge in [0, 0.05) is 25.2 Å². The van der Waals surface area contributed by atoms with E-state index in [0.29, 0.717) is 46.6 Å². The van der Waals surface area contributed by atoms with Crippen molar-refractivity contribution in [3.8, 4) is 0 Å². The Bertz CT molecular complexity index is 1130. The summed E-state index contributed by atoms with van der Waals surface area (Å²) in [5, 5.41) is 13.4. The molecule has 1 amide bonds. The quantitative estimate of drug-likeness (QED) is 0.391. The van der Waals surface area contributed by atoms with Crippen LogP contribution in [0.25, 0.3) is 10.2 Å². The smallest absolute Gasteiger partial charge is 0.307 e. The Kier molecular flexibility index (Phi) is 6.57. The van der Waals surface area contributed by atoms with Crippen molar-refractivity contribution in [1.82, 2.24) is 10.3 Å². The molecule has 4 rings (SSSR count). The Hall–Kier alpha value is -2.06. The summed E-state index contributed by atoms with van der Waals surface area (Å²) in [6.45, 7) is 2.77. The molecule has 0 saturated carbocycles. The van der Waals surface area contributed by atoms with Gasteiger partial charge in [0.25, 0.3) is 5.91 Å². The molecule has 1 aliphatic rings. The molecule has 2 aromatic heterocycles. The van der Waals surface area contributed by atoms with Crippen molar-refractivity contribution < 1.29 is 19.4 Å². The molecule has 31 heavy (non-hydrogen) atoms. The van der Waals surface area contributed by atoms with Gasteiger partial charge in [0.1, 0.15) is 10.0 Å². The number of H-pyrrole nitrogens is 1. The Morgan fingerprint density at radius 3 is 2.84 bits per heavy atom. The summed E-state index contributed by atoms with van der Waals surface area (Å²) >= 11 is 13.5. The zero-order valence-corrected chi connectivity index (χ0v) is 19.1. The van der Waals surface area contributed by atoms with Crippen LogP contribution in [0.2, 0.25) is 9.36 Å². The van der Waals surface area contributed by atoms with E-state index in [0.717, 1.165) is 15.8 Å². The highest BCUT2D eigenvalue weighted by molar-refractivity contribution is 7.23. The Morgan fingerprint density at radius 2 is 2.13 bits per heavy atom. The number of fused-ring (bicyclic) bond motifs is 2. The summed E-state index contributed by atoms with van der Waals surface area (Å²) in [5.41, 5.74) is 3.03. The van der Waals surface area contributed by atoms with Gasteiger partial charge >= 0.3 is 5.97 Å². The maximum absolute atomic E-state index is 13.0. The van der Waals surface area contributed by atoms with Gasteiger partial charge in [0.15, 0.2) is 0 Å². The number of rotatable bonds is 8. The van der Waals surface area contributed by atoms with E-state index in [1.165, 1.54) is 11.3 Å². The van der Waals surface area contributed by atoms with Gasteiger partial charge in [0.2, 0.25) is 0 Å². The highest BCUT2D eigenvalue weighted by Gasteiger charge is 2.41. The van der Waals surface area contributed by atoms with E-state index >= 15 is 0 Å². The monoisotopic (exact) mass is 480 g/mol. The van der Waals surface area contributed by atoms with Crippen LogP contribution in [-0.4, -0.2) is 41.2 Å². The predicted molar refractivity (Wildman–Crippen MR) is 123 cm³/mol. The number of aromatic nitrogens is 1. The van der Waals surface area contributed by atoms with Crippen molar-refractivity contribution >= 4 is 56.6 Å². The van der Waals surface area contributed by atoms with Gasteiger partial charge in [-0.05, 0) is 37.0 Å². The summed E-state index contributed by atoms with van der Waals surface area (Å²) in [6, 6.07) is 9.15. The average Bonchev–Trinajstić information content (AvgIpc) is 3.38. The predicted octanol–water partition coefficient (Wildman–Crippen LogP) is 5.10. The molecule has 0 radical (unpaired) electrons. The largest absolute Gasteiger partial charge is 0.481 e. The maximum Gasteiger partial charge on any atom is 0.307 e. The number of amides is 1. The van der Waals surface area contributed by atoms with Crippen molar-refractivity contribution in [3.05, 3.63) is 56.5 Å². The first-order chi connectivity index (χ1) is 14.9. The van der Waals surface area contributed by atoms with E-state index < -0.39 is 11.9 Å². The molecule has 1 aliphatic carbocycles. The number of benzene rings is 1. The molecule has 0 saturated heterocycles. The van der Waals surface area contributed by atoms with E-state index in [9.17, 15) is 14.7 Å². The van der Waals surface area contributed by atoms with Gasteiger partial charge < -0.3 is 20.1 Å². The number of halogens is 2. The second kappa shape index (κ2) is 9.20. The summed E-state index contributed by atoms with van der Waals surface area (Å²) in [6.07, 6.45) is 0.952. The third kappa shape index (κ3) is 4.32. The van der Waals surface area contributed by atoms with Crippen LogP contribution in [0.3, 0.4) is 0 Å².